The van der Waals surface area contributed by atoms with Gasteiger partial charge in [0.15, 0.2) is 0 Å². The van der Waals surface area contributed by atoms with Gasteiger partial charge in [-0.05, 0) is 74.7 Å². The Bertz CT molecular complexity index is 1310. The molecule has 0 saturated carbocycles. The lowest BCUT2D eigenvalue weighted by Gasteiger charge is -2.30. The highest BCUT2D eigenvalue weighted by molar-refractivity contribution is 5.93. The van der Waals surface area contributed by atoms with E-state index in [4.69, 9.17) is 9.72 Å². The van der Waals surface area contributed by atoms with Gasteiger partial charge in [0.25, 0.3) is 0 Å². The van der Waals surface area contributed by atoms with Crippen LogP contribution < -0.4 is 0 Å². The summed E-state index contributed by atoms with van der Waals surface area (Å²) in [5, 5.41) is 0.748. The number of aromatic nitrogens is 3. The number of rotatable bonds is 3. The normalized spacial score (nSPS) is 18.8. The summed E-state index contributed by atoms with van der Waals surface area (Å²) in [7, 11) is 0. The van der Waals surface area contributed by atoms with Crippen molar-refractivity contribution in [1.29, 1.82) is 0 Å². The van der Waals surface area contributed by atoms with Gasteiger partial charge in [-0.1, -0.05) is 0 Å². The SMILES string of the molecule is Cc1cc([C@@H]2C[C@H](c3cc4nc(C)ccc4c(-c4ccc(F)cc4F)n3)CCO2)ccn1. The maximum atomic E-state index is 14.7. The lowest BCUT2D eigenvalue weighted by atomic mass is 9.88. The van der Waals surface area contributed by atoms with E-state index in [0.717, 1.165) is 52.5 Å². The molecular weight excluding hydrogens is 408 g/mol. The highest BCUT2D eigenvalue weighted by Crippen LogP contribution is 2.39. The zero-order chi connectivity index (χ0) is 22.2. The largest absolute Gasteiger partial charge is 0.373 e. The van der Waals surface area contributed by atoms with Crippen LogP contribution in [0.5, 0.6) is 0 Å². The van der Waals surface area contributed by atoms with Crippen LogP contribution in [0, 0.1) is 25.5 Å². The van der Waals surface area contributed by atoms with Crippen molar-refractivity contribution in [2.24, 2.45) is 0 Å². The molecule has 4 aromatic rings. The first-order chi connectivity index (χ1) is 15.5. The monoisotopic (exact) mass is 431 g/mol. The van der Waals surface area contributed by atoms with E-state index in [1.165, 1.54) is 12.1 Å². The van der Waals surface area contributed by atoms with Crippen LogP contribution in [-0.4, -0.2) is 21.6 Å². The molecule has 2 atom stereocenters. The molecule has 0 unspecified atom stereocenters. The van der Waals surface area contributed by atoms with E-state index in [9.17, 15) is 8.78 Å². The van der Waals surface area contributed by atoms with E-state index in [1.807, 2.05) is 44.2 Å². The molecule has 1 saturated heterocycles. The third-order valence-corrected chi connectivity index (χ3v) is 6.03. The van der Waals surface area contributed by atoms with E-state index in [1.54, 1.807) is 6.20 Å². The topological polar surface area (TPSA) is 47.9 Å². The van der Waals surface area contributed by atoms with Crippen LogP contribution in [0.2, 0.25) is 0 Å². The van der Waals surface area contributed by atoms with Crippen molar-refractivity contribution >= 4 is 10.9 Å². The molecule has 0 spiro atoms. The van der Waals surface area contributed by atoms with Crippen LogP contribution in [0.4, 0.5) is 8.78 Å². The fourth-order valence-electron chi connectivity index (χ4n) is 4.41. The highest BCUT2D eigenvalue weighted by atomic mass is 19.1. The molecule has 3 aromatic heterocycles. The summed E-state index contributed by atoms with van der Waals surface area (Å²) in [6, 6.07) is 13.4. The van der Waals surface area contributed by atoms with Crippen LogP contribution >= 0.6 is 0 Å². The minimum atomic E-state index is -0.631. The van der Waals surface area contributed by atoms with Crippen LogP contribution in [0.1, 0.15) is 47.5 Å². The molecule has 0 aliphatic carbocycles. The Morgan fingerprint density at radius 3 is 2.62 bits per heavy atom. The van der Waals surface area contributed by atoms with Gasteiger partial charge in [0.05, 0.1) is 17.3 Å². The summed E-state index contributed by atoms with van der Waals surface area (Å²) in [6.45, 7) is 4.50. The molecule has 0 bridgehead atoms. The quantitative estimate of drug-likeness (QED) is 0.386. The minimum absolute atomic E-state index is 0.0515. The Balaban J connectivity index is 1.59. The molecule has 1 aromatic carbocycles. The second kappa shape index (κ2) is 8.36. The van der Waals surface area contributed by atoms with Gasteiger partial charge in [-0.25, -0.2) is 8.78 Å². The van der Waals surface area contributed by atoms with Gasteiger partial charge in [-0.15, -0.1) is 0 Å². The maximum Gasteiger partial charge on any atom is 0.135 e. The Morgan fingerprint density at radius 2 is 1.81 bits per heavy atom. The molecule has 0 amide bonds. The van der Waals surface area contributed by atoms with Crippen molar-refractivity contribution in [2.45, 2.75) is 38.7 Å². The van der Waals surface area contributed by atoms with Gasteiger partial charge in [-0.2, -0.15) is 0 Å². The number of hydrogen-bond acceptors (Lipinski definition) is 4. The standard InChI is InChI=1S/C26H23F2N3O/c1-15-3-5-21-24(30-15)14-23(31-26(21)20-6-4-19(27)13-22(20)28)17-8-10-32-25(12-17)18-7-9-29-16(2)11-18/h3-7,9,11,13-14,17,25H,8,10,12H2,1-2H3/t17-,25+/m1/s1. The smallest absolute Gasteiger partial charge is 0.135 e. The number of ether oxygens (including phenoxy) is 1. The lowest BCUT2D eigenvalue weighted by Crippen LogP contribution is -2.20. The van der Waals surface area contributed by atoms with E-state index in [0.29, 0.717) is 12.3 Å². The summed E-state index contributed by atoms with van der Waals surface area (Å²) in [5.74, 6) is -1.11. The minimum Gasteiger partial charge on any atom is -0.373 e. The molecule has 0 radical (unpaired) electrons. The number of nitrogens with zero attached hydrogens (tertiary/aromatic N) is 3. The van der Waals surface area contributed by atoms with Crippen molar-refractivity contribution in [3.05, 3.63) is 89.0 Å². The molecule has 4 heterocycles. The van der Waals surface area contributed by atoms with Gasteiger partial charge in [0.2, 0.25) is 0 Å². The number of pyridine rings is 3. The van der Waals surface area contributed by atoms with Crippen molar-refractivity contribution in [1.82, 2.24) is 15.0 Å². The second-order valence-electron chi connectivity index (χ2n) is 8.35. The molecule has 1 aliphatic rings. The number of halogens is 2. The first kappa shape index (κ1) is 20.6. The summed E-state index contributed by atoms with van der Waals surface area (Å²) < 4.78 is 34.3. The zero-order valence-corrected chi connectivity index (χ0v) is 18.0. The number of benzene rings is 1. The van der Waals surface area contributed by atoms with Crippen molar-refractivity contribution < 1.29 is 13.5 Å². The third-order valence-electron chi connectivity index (χ3n) is 6.03. The predicted molar refractivity (Wildman–Crippen MR) is 119 cm³/mol. The first-order valence-electron chi connectivity index (χ1n) is 10.8. The number of aryl methyl sites for hydroxylation is 2. The second-order valence-corrected chi connectivity index (χ2v) is 8.35. The predicted octanol–water partition coefficient (Wildman–Crippen LogP) is 6.22. The molecule has 4 nitrogen and oxygen atoms in total. The first-order valence-corrected chi connectivity index (χ1v) is 10.8. The fourth-order valence-corrected chi connectivity index (χ4v) is 4.41. The van der Waals surface area contributed by atoms with Gasteiger partial charge in [0.1, 0.15) is 11.6 Å². The number of hydrogen-bond donors (Lipinski definition) is 0. The summed E-state index contributed by atoms with van der Waals surface area (Å²) in [4.78, 5) is 13.8. The van der Waals surface area contributed by atoms with Gasteiger partial charge in [-0.3, -0.25) is 15.0 Å². The van der Waals surface area contributed by atoms with Crippen LogP contribution in [-0.2, 0) is 4.74 Å². The van der Waals surface area contributed by atoms with Crippen LogP contribution in [0.3, 0.4) is 0 Å². The van der Waals surface area contributed by atoms with Gasteiger partial charge in [0, 0.05) is 52.8 Å². The maximum absolute atomic E-state index is 14.7. The Hall–Kier alpha value is -3.25. The molecule has 5 rings (SSSR count). The average Bonchev–Trinajstić information content (AvgIpc) is 2.78. The van der Waals surface area contributed by atoms with E-state index >= 15 is 0 Å². The van der Waals surface area contributed by atoms with Gasteiger partial charge < -0.3 is 4.74 Å². The summed E-state index contributed by atoms with van der Waals surface area (Å²) >= 11 is 0. The Labute approximate surface area is 185 Å². The van der Waals surface area contributed by atoms with E-state index in [2.05, 4.69) is 9.97 Å². The molecule has 1 aliphatic heterocycles. The van der Waals surface area contributed by atoms with E-state index < -0.39 is 11.6 Å². The highest BCUT2D eigenvalue weighted by Gasteiger charge is 2.27. The average molecular weight is 431 g/mol. The Morgan fingerprint density at radius 1 is 0.938 bits per heavy atom. The molecule has 32 heavy (non-hydrogen) atoms. The molecule has 0 N–H and O–H groups in total. The molecular formula is C26H23F2N3O. The van der Waals surface area contributed by atoms with Crippen LogP contribution in [0.15, 0.2) is 54.7 Å². The zero-order valence-electron chi connectivity index (χ0n) is 18.0. The van der Waals surface area contributed by atoms with Crippen molar-refractivity contribution in [2.75, 3.05) is 6.61 Å². The van der Waals surface area contributed by atoms with Crippen LogP contribution in [0.25, 0.3) is 22.2 Å². The summed E-state index contributed by atoms with van der Waals surface area (Å²) in [5.41, 5.74) is 5.30. The van der Waals surface area contributed by atoms with Crippen molar-refractivity contribution in [3.63, 3.8) is 0 Å². The third kappa shape index (κ3) is 3.98. The summed E-state index contributed by atoms with van der Waals surface area (Å²) in [6.07, 6.45) is 3.33. The molecule has 1 fully saturated rings. The van der Waals surface area contributed by atoms with E-state index in [-0.39, 0.29) is 17.6 Å². The molecule has 6 heteroatoms. The Kier molecular flexibility index (Phi) is 5.39. The van der Waals surface area contributed by atoms with Crippen molar-refractivity contribution in [3.8, 4) is 11.3 Å². The molecule has 162 valence electrons. The number of fused-ring (bicyclic) bond motifs is 1. The fraction of sp³-hybridized carbons (Fsp3) is 0.269. The van der Waals surface area contributed by atoms with Gasteiger partial charge >= 0.3 is 0 Å². The lowest BCUT2D eigenvalue weighted by molar-refractivity contribution is 0.00460.